The van der Waals surface area contributed by atoms with Crippen molar-refractivity contribution in [2.24, 2.45) is 0 Å². The Labute approximate surface area is 133 Å². The van der Waals surface area contributed by atoms with Gasteiger partial charge in [0.05, 0.1) is 5.69 Å². The molecule has 1 aliphatic rings. The van der Waals surface area contributed by atoms with Crippen molar-refractivity contribution in [3.05, 3.63) is 10.6 Å². The summed E-state index contributed by atoms with van der Waals surface area (Å²) >= 11 is 1.87. The van der Waals surface area contributed by atoms with Gasteiger partial charge in [0.1, 0.15) is 0 Å². The molecule has 1 atom stereocenters. The molecular formula is C16H30N4S. The summed E-state index contributed by atoms with van der Waals surface area (Å²) in [6.07, 6.45) is 1.21. The van der Waals surface area contributed by atoms with Crippen LogP contribution in [-0.4, -0.2) is 49.7 Å². The smallest absolute Gasteiger partial charge is 0.186 e. The molecule has 1 saturated heterocycles. The summed E-state index contributed by atoms with van der Waals surface area (Å²) < 4.78 is 0. The first-order chi connectivity index (χ1) is 9.82. The zero-order chi connectivity index (χ0) is 15.6. The molecule has 0 bridgehead atoms. The number of rotatable bonds is 3. The Kier molecular flexibility index (Phi) is 5.28. The SMILES string of the molecule is CNCc1sc(N2CCCN(C)CC2C)nc1C(C)(C)C. The average Bonchev–Trinajstić information content (AvgIpc) is 2.70. The first-order valence-electron chi connectivity index (χ1n) is 7.93. The number of likely N-dealkylation sites (N-methyl/N-ethyl adjacent to an activating group) is 1. The molecule has 5 heteroatoms. The molecule has 0 aromatic carbocycles. The number of anilines is 1. The Morgan fingerprint density at radius 2 is 2.05 bits per heavy atom. The molecule has 2 heterocycles. The van der Waals surface area contributed by atoms with Crippen LogP contribution in [-0.2, 0) is 12.0 Å². The van der Waals surface area contributed by atoms with Crippen LogP contribution in [0.25, 0.3) is 0 Å². The first kappa shape index (κ1) is 16.7. The fraction of sp³-hybridized carbons (Fsp3) is 0.812. The third-order valence-electron chi connectivity index (χ3n) is 4.03. The Morgan fingerprint density at radius 3 is 2.67 bits per heavy atom. The number of nitrogens with one attached hydrogen (secondary N) is 1. The lowest BCUT2D eigenvalue weighted by molar-refractivity contribution is 0.337. The van der Waals surface area contributed by atoms with Gasteiger partial charge in [0.2, 0.25) is 0 Å². The monoisotopic (exact) mass is 310 g/mol. The van der Waals surface area contributed by atoms with Crippen molar-refractivity contribution in [3.8, 4) is 0 Å². The van der Waals surface area contributed by atoms with E-state index < -0.39 is 0 Å². The largest absolute Gasteiger partial charge is 0.344 e. The van der Waals surface area contributed by atoms with E-state index in [1.165, 1.54) is 28.7 Å². The maximum atomic E-state index is 5.03. The van der Waals surface area contributed by atoms with Crippen LogP contribution in [0.3, 0.4) is 0 Å². The molecule has 0 aliphatic carbocycles. The van der Waals surface area contributed by atoms with Gasteiger partial charge in [-0.1, -0.05) is 20.8 Å². The number of thiazole rings is 1. The normalized spacial score (nSPS) is 21.6. The lowest BCUT2D eigenvalue weighted by Crippen LogP contribution is -2.38. The maximum Gasteiger partial charge on any atom is 0.186 e. The summed E-state index contributed by atoms with van der Waals surface area (Å²) in [6, 6.07) is 0.527. The van der Waals surface area contributed by atoms with Gasteiger partial charge in [-0.05, 0) is 34.0 Å². The van der Waals surface area contributed by atoms with Gasteiger partial charge in [0, 0.05) is 36.0 Å². The standard InChI is InChI=1S/C16H30N4S/c1-12-11-19(6)8-7-9-20(12)15-18-14(16(2,3)4)13(21-15)10-17-5/h12,17H,7-11H2,1-6H3. The minimum atomic E-state index is 0.104. The Bertz CT molecular complexity index is 463. The molecular weight excluding hydrogens is 280 g/mol. The summed E-state index contributed by atoms with van der Waals surface area (Å²) in [5.41, 5.74) is 1.36. The molecule has 1 N–H and O–H groups in total. The predicted octanol–water partition coefficient (Wildman–Crippen LogP) is 2.69. The quantitative estimate of drug-likeness (QED) is 0.930. The van der Waals surface area contributed by atoms with Gasteiger partial charge in [0.25, 0.3) is 0 Å². The summed E-state index contributed by atoms with van der Waals surface area (Å²) in [4.78, 5) is 11.3. The Morgan fingerprint density at radius 1 is 1.33 bits per heavy atom. The molecule has 1 aliphatic heterocycles. The van der Waals surface area contributed by atoms with Crippen LogP contribution < -0.4 is 10.2 Å². The molecule has 120 valence electrons. The average molecular weight is 311 g/mol. The minimum Gasteiger partial charge on any atom is -0.344 e. The minimum absolute atomic E-state index is 0.104. The van der Waals surface area contributed by atoms with Gasteiger partial charge in [0.15, 0.2) is 5.13 Å². The van der Waals surface area contributed by atoms with Crippen molar-refractivity contribution in [1.82, 2.24) is 15.2 Å². The highest BCUT2D eigenvalue weighted by molar-refractivity contribution is 7.15. The van der Waals surface area contributed by atoms with E-state index in [0.717, 1.165) is 19.6 Å². The number of hydrogen-bond donors (Lipinski definition) is 1. The fourth-order valence-corrected chi connectivity index (χ4v) is 4.40. The van der Waals surface area contributed by atoms with E-state index in [0.29, 0.717) is 6.04 Å². The van der Waals surface area contributed by atoms with Crippen LogP contribution in [0.4, 0.5) is 5.13 Å². The molecule has 1 fully saturated rings. The highest BCUT2D eigenvalue weighted by atomic mass is 32.1. The lowest BCUT2D eigenvalue weighted by Gasteiger charge is -2.27. The Balaban J connectivity index is 2.30. The van der Waals surface area contributed by atoms with Crippen molar-refractivity contribution in [2.75, 3.05) is 38.6 Å². The second-order valence-electron chi connectivity index (χ2n) is 7.21. The van der Waals surface area contributed by atoms with E-state index in [-0.39, 0.29) is 5.41 Å². The number of nitrogens with zero attached hydrogens (tertiary/aromatic N) is 3. The van der Waals surface area contributed by atoms with Crippen LogP contribution in [0.2, 0.25) is 0 Å². The van der Waals surface area contributed by atoms with Crippen molar-refractivity contribution in [2.45, 2.75) is 52.1 Å². The molecule has 0 saturated carbocycles. The molecule has 0 amide bonds. The molecule has 4 nitrogen and oxygen atoms in total. The third kappa shape index (κ3) is 3.96. The van der Waals surface area contributed by atoms with Crippen LogP contribution in [0.1, 0.15) is 44.7 Å². The van der Waals surface area contributed by atoms with Crippen LogP contribution >= 0.6 is 11.3 Å². The van der Waals surface area contributed by atoms with Gasteiger partial charge in [-0.15, -0.1) is 11.3 Å². The van der Waals surface area contributed by atoms with Crippen molar-refractivity contribution >= 4 is 16.5 Å². The summed E-state index contributed by atoms with van der Waals surface area (Å²) in [6.45, 7) is 13.4. The molecule has 0 radical (unpaired) electrons. The molecule has 21 heavy (non-hydrogen) atoms. The van der Waals surface area contributed by atoms with E-state index in [1.807, 2.05) is 18.4 Å². The molecule has 1 unspecified atom stereocenters. The van der Waals surface area contributed by atoms with Crippen LogP contribution in [0, 0.1) is 0 Å². The van der Waals surface area contributed by atoms with Gasteiger partial charge in [-0.2, -0.15) is 0 Å². The number of hydrogen-bond acceptors (Lipinski definition) is 5. The molecule has 1 aromatic heterocycles. The van der Waals surface area contributed by atoms with Gasteiger partial charge < -0.3 is 15.1 Å². The highest BCUT2D eigenvalue weighted by Gasteiger charge is 2.27. The maximum absolute atomic E-state index is 5.03. The zero-order valence-corrected chi connectivity index (χ0v) is 15.2. The summed E-state index contributed by atoms with van der Waals surface area (Å²) in [5.74, 6) is 0. The fourth-order valence-electron chi connectivity index (χ4n) is 2.98. The predicted molar refractivity (Wildman–Crippen MR) is 92.5 cm³/mol. The van der Waals surface area contributed by atoms with E-state index in [1.54, 1.807) is 0 Å². The lowest BCUT2D eigenvalue weighted by atomic mass is 9.91. The third-order valence-corrected chi connectivity index (χ3v) is 5.12. The van der Waals surface area contributed by atoms with Gasteiger partial charge >= 0.3 is 0 Å². The van der Waals surface area contributed by atoms with E-state index in [4.69, 9.17) is 4.98 Å². The topological polar surface area (TPSA) is 31.4 Å². The first-order valence-corrected chi connectivity index (χ1v) is 8.74. The number of aromatic nitrogens is 1. The van der Waals surface area contributed by atoms with E-state index in [9.17, 15) is 0 Å². The summed E-state index contributed by atoms with van der Waals surface area (Å²) in [7, 11) is 4.23. The van der Waals surface area contributed by atoms with Crippen molar-refractivity contribution in [1.29, 1.82) is 0 Å². The summed E-state index contributed by atoms with van der Waals surface area (Å²) in [5, 5.41) is 4.49. The zero-order valence-electron chi connectivity index (χ0n) is 14.4. The molecule has 2 rings (SSSR count). The van der Waals surface area contributed by atoms with E-state index >= 15 is 0 Å². The highest BCUT2D eigenvalue weighted by Crippen LogP contribution is 2.35. The van der Waals surface area contributed by atoms with Crippen molar-refractivity contribution < 1.29 is 0 Å². The van der Waals surface area contributed by atoms with Crippen LogP contribution in [0.15, 0.2) is 0 Å². The molecule has 0 spiro atoms. The molecule has 1 aromatic rings. The van der Waals surface area contributed by atoms with Crippen LogP contribution in [0.5, 0.6) is 0 Å². The van der Waals surface area contributed by atoms with Gasteiger partial charge in [-0.25, -0.2) is 4.98 Å². The Hall–Kier alpha value is -0.650. The van der Waals surface area contributed by atoms with Gasteiger partial charge in [-0.3, -0.25) is 0 Å². The second kappa shape index (κ2) is 6.63. The van der Waals surface area contributed by atoms with E-state index in [2.05, 4.69) is 49.9 Å². The second-order valence-corrected chi connectivity index (χ2v) is 8.27. The van der Waals surface area contributed by atoms with Crippen molar-refractivity contribution in [3.63, 3.8) is 0 Å².